The van der Waals surface area contributed by atoms with E-state index in [4.69, 9.17) is 0 Å². The summed E-state index contributed by atoms with van der Waals surface area (Å²) >= 11 is 1.36. The fourth-order valence-electron chi connectivity index (χ4n) is 2.86. The fourth-order valence-corrected chi connectivity index (χ4v) is 3.66. The molecule has 1 amide bonds. The second-order valence-electron chi connectivity index (χ2n) is 6.76. The molecular formula is C22H19FN6OS. The van der Waals surface area contributed by atoms with Crippen molar-refractivity contribution in [2.75, 3.05) is 0 Å². The van der Waals surface area contributed by atoms with Crippen molar-refractivity contribution in [2.24, 2.45) is 0 Å². The molecule has 0 bridgehead atoms. The van der Waals surface area contributed by atoms with Crippen LogP contribution in [0.15, 0.2) is 72.1 Å². The normalized spacial score (nSPS) is 10.8. The lowest BCUT2D eigenvalue weighted by Gasteiger charge is -2.09. The molecule has 0 aliphatic carbocycles. The van der Waals surface area contributed by atoms with E-state index in [0.29, 0.717) is 28.8 Å². The van der Waals surface area contributed by atoms with Gasteiger partial charge in [-0.1, -0.05) is 46.8 Å². The van der Waals surface area contributed by atoms with E-state index in [1.807, 2.05) is 31.2 Å². The molecule has 4 rings (SSSR count). The summed E-state index contributed by atoms with van der Waals surface area (Å²) in [5.41, 5.74) is 3.53. The quantitative estimate of drug-likeness (QED) is 0.352. The number of hydrogen-bond acceptors (Lipinski definition) is 6. The lowest BCUT2D eigenvalue weighted by atomic mass is 10.1. The Bertz CT molecular complexity index is 1160. The van der Waals surface area contributed by atoms with Gasteiger partial charge in [-0.3, -0.25) is 4.79 Å². The smallest absolute Gasteiger partial charge is 0.274 e. The van der Waals surface area contributed by atoms with Gasteiger partial charge in [0.2, 0.25) is 0 Å². The number of carbonyl (C=O) groups is 1. The molecule has 0 radical (unpaired) electrons. The van der Waals surface area contributed by atoms with Gasteiger partial charge in [0.15, 0.2) is 10.9 Å². The van der Waals surface area contributed by atoms with Crippen molar-refractivity contribution in [3.8, 4) is 5.69 Å². The molecule has 31 heavy (non-hydrogen) atoms. The standard InChI is InChI=1S/C22H19FN6OS/c1-15-3-5-16(6-4-15)13-26-21(30)20-19(14-31-22-24-11-2-12-25-22)29(28-27-20)18-9-7-17(23)8-10-18/h2-12H,13-14H2,1H3,(H,26,30). The summed E-state index contributed by atoms with van der Waals surface area (Å²) in [6.07, 6.45) is 3.31. The number of aryl methyl sites for hydroxylation is 1. The molecule has 0 unspecified atom stereocenters. The first-order valence-electron chi connectivity index (χ1n) is 9.54. The number of thioether (sulfide) groups is 1. The molecule has 2 aromatic carbocycles. The molecule has 0 aliphatic rings. The van der Waals surface area contributed by atoms with Gasteiger partial charge in [-0.05, 0) is 42.8 Å². The summed E-state index contributed by atoms with van der Waals surface area (Å²) in [5.74, 6) is -0.325. The summed E-state index contributed by atoms with van der Waals surface area (Å²) in [6, 6.07) is 15.5. The molecule has 2 aromatic heterocycles. The molecular weight excluding hydrogens is 415 g/mol. The van der Waals surface area contributed by atoms with Crippen molar-refractivity contribution < 1.29 is 9.18 Å². The lowest BCUT2D eigenvalue weighted by Crippen LogP contribution is -2.24. The van der Waals surface area contributed by atoms with Gasteiger partial charge in [0.05, 0.1) is 11.4 Å². The molecule has 0 spiro atoms. The third-order valence-corrected chi connectivity index (χ3v) is 5.39. The molecule has 0 saturated heterocycles. The molecule has 7 nitrogen and oxygen atoms in total. The van der Waals surface area contributed by atoms with E-state index in [2.05, 4.69) is 25.6 Å². The SMILES string of the molecule is Cc1ccc(CNC(=O)c2nnn(-c3ccc(F)cc3)c2CSc2ncccn2)cc1. The van der Waals surface area contributed by atoms with Crippen LogP contribution in [0.5, 0.6) is 0 Å². The van der Waals surface area contributed by atoms with Gasteiger partial charge in [0.1, 0.15) is 5.82 Å². The number of benzene rings is 2. The topological polar surface area (TPSA) is 85.6 Å². The second kappa shape index (κ2) is 9.48. The Labute approximate surface area is 182 Å². The van der Waals surface area contributed by atoms with Crippen LogP contribution in [0.2, 0.25) is 0 Å². The third kappa shape index (κ3) is 5.13. The summed E-state index contributed by atoms with van der Waals surface area (Å²) in [5, 5.41) is 11.7. The zero-order valence-corrected chi connectivity index (χ0v) is 17.5. The summed E-state index contributed by atoms with van der Waals surface area (Å²) < 4.78 is 14.9. The molecule has 156 valence electrons. The van der Waals surface area contributed by atoms with Crippen LogP contribution in [-0.2, 0) is 12.3 Å². The number of hydrogen-bond donors (Lipinski definition) is 1. The van der Waals surface area contributed by atoms with Crippen LogP contribution in [-0.4, -0.2) is 30.9 Å². The monoisotopic (exact) mass is 434 g/mol. The van der Waals surface area contributed by atoms with E-state index in [1.165, 1.54) is 28.6 Å². The molecule has 0 aliphatic heterocycles. The van der Waals surface area contributed by atoms with Gasteiger partial charge < -0.3 is 5.32 Å². The molecule has 4 aromatic rings. The first-order chi connectivity index (χ1) is 15.1. The fraction of sp³-hybridized carbons (Fsp3) is 0.136. The largest absolute Gasteiger partial charge is 0.347 e. The molecule has 0 saturated carbocycles. The van der Waals surface area contributed by atoms with E-state index < -0.39 is 0 Å². The number of rotatable bonds is 7. The highest BCUT2D eigenvalue weighted by Gasteiger charge is 2.21. The van der Waals surface area contributed by atoms with E-state index in [9.17, 15) is 9.18 Å². The number of nitrogens with one attached hydrogen (secondary N) is 1. The first-order valence-corrected chi connectivity index (χ1v) is 10.5. The average Bonchev–Trinajstić information content (AvgIpc) is 3.22. The maximum absolute atomic E-state index is 13.4. The van der Waals surface area contributed by atoms with Gasteiger partial charge in [-0.2, -0.15) is 0 Å². The number of halogens is 1. The molecule has 0 fully saturated rings. The van der Waals surface area contributed by atoms with Gasteiger partial charge >= 0.3 is 0 Å². The van der Waals surface area contributed by atoms with Gasteiger partial charge in [-0.15, -0.1) is 5.10 Å². The highest BCUT2D eigenvalue weighted by atomic mass is 32.2. The minimum absolute atomic E-state index is 0.208. The zero-order valence-electron chi connectivity index (χ0n) is 16.7. The van der Waals surface area contributed by atoms with Crippen LogP contribution in [0.1, 0.15) is 27.3 Å². The molecule has 1 N–H and O–H groups in total. The van der Waals surface area contributed by atoms with Gasteiger partial charge in [-0.25, -0.2) is 19.0 Å². The highest BCUT2D eigenvalue weighted by Crippen LogP contribution is 2.23. The van der Waals surface area contributed by atoms with Crippen LogP contribution in [0.3, 0.4) is 0 Å². The second-order valence-corrected chi connectivity index (χ2v) is 7.70. The number of carbonyl (C=O) groups excluding carboxylic acids is 1. The van der Waals surface area contributed by atoms with Crippen molar-refractivity contribution in [1.29, 1.82) is 0 Å². The minimum Gasteiger partial charge on any atom is -0.347 e. The van der Waals surface area contributed by atoms with E-state index in [-0.39, 0.29) is 17.4 Å². The van der Waals surface area contributed by atoms with E-state index >= 15 is 0 Å². The predicted molar refractivity (Wildman–Crippen MR) is 115 cm³/mol. The Kier molecular flexibility index (Phi) is 6.32. The van der Waals surface area contributed by atoms with Crippen molar-refractivity contribution in [3.63, 3.8) is 0 Å². The Hall–Kier alpha value is -3.59. The van der Waals surface area contributed by atoms with Gasteiger partial charge in [0, 0.05) is 24.7 Å². The van der Waals surface area contributed by atoms with Crippen molar-refractivity contribution in [2.45, 2.75) is 24.4 Å². The van der Waals surface area contributed by atoms with Crippen LogP contribution in [0.4, 0.5) is 4.39 Å². The van der Waals surface area contributed by atoms with Crippen molar-refractivity contribution >= 4 is 17.7 Å². The summed E-state index contributed by atoms with van der Waals surface area (Å²) in [4.78, 5) is 21.3. The predicted octanol–water partition coefficient (Wildman–Crippen LogP) is 3.73. The Morgan fingerprint density at radius 3 is 2.48 bits per heavy atom. The first kappa shape index (κ1) is 20.7. The molecule has 0 atom stereocenters. The minimum atomic E-state index is -0.353. The van der Waals surface area contributed by atoms with Crippen LogP contribution >= 0.6 is 11.8 Å². The maximum atomic E-state index is 13.4. The van der Waals surface area contributed by atoms with Crippen molar-refractivity contribution in [3.05, 3.63) is 95.3 Å². The van der Waals surface area contributed by atoms with E-state index in [0.717, 1.165) is 11.1 Å². The van der Waals surface area contributed by atoms with E-state index in [1.54, 1.807) is 30.6 Å². The molecule has 9 heteroatoms. The number of amides is 1. The Balaban J connectivity index is 1.58. The number of aromatic nitrogens is 5. The third-order valence-electron chi connectivity index (χ3n) is 4.50. The highest BCUT2D eigenvalue weighted by molar-refractivity contribution is 7.98. The lowest BCUT2D eigenvalue weighted by molar-refractivity contribution is 0.0945. The Morgan fingerprint density at radius 1 is 1.06 bits per heavy atom. The molecule has 2 heterocycles. The summed E-state index contributed by atoms with van der Waals surface area (Å²) in [7, 11) is 0. The van der Waals surface area contributed by atoms with Crippen LogP contribution < -0.4 is 5.32 Å². The Morgan fingerprint density at radius 2 is 1.77 bits per heavy atom. The number of nitrogens with zero attached hydrogens (tertiary/aromatic N) is 5. The summed E-state index contributed by atoms with van der Waals surface area (Å²) in [6.45, 7) is 2.38. The maximum Gasteiger partial charge on any atom is 0.274 e. The van der Waals surface area contributed by atoms with Crippen molar-refractivity contribution in [1.82, 2.24) is 30.3 Å². The zero-order chi connectivity index (χ0) is 21.6. The van der Waals surface area contributed by atoms with Crippen LogP contribution in [0, 0.1) is 12.7 Å². The van der Waals surface area contributed by atoms with Gasteiger partial charge in [0.25, 0.3) is 5.91 Å². The average molecular weight is 435 g/mol. The van der Waals surface area contributed by atoms with Crippen LogP contribution in [0.25, 0.3) is 5.69 Å².